The van der Waals surface area contributed by atoms with E-state index < -0.39 is 0 Å². The molecular formula is C19H28N6OS. The Hall–Kier alpha value is -1.90. The van der Waals surface area contributed by atoms with E-state index in [1.165, 1.54) is 12.0 Å². The summed E-state index contributed by atoms with van der Waals surface area (Å²) < 4.78 is 7.76. The molecule has 1 fully saturated rings. The number of aromatic nitrogens is 2. The van der Waals surface area contributed by atoms with Gasteiger partial charge < -0.3 is 15.0 Å². The molecule has 2 aliphatic heterocycles. The van der Waals surface area contributed by atoms with Crippen molar-refractivity contribution in [3.05, 3.63) is 39.8 Å². The van der Waals surface area contributed by atoms with Gasteiger partial charge in [-0.1, -0.05) is 0 Å². The molecule has 4 rings (SSSR count). The smallest absolute Gasteiger partial charge is 0.193 e. The second kappa shape index (κ2) is 8.41. The van der Waals surface area contributed by atoms with Crippen LogP contribution < -0.4 is 5.32 Å². The molecule has 27 heavy (non-hydrogen) atoms. The van der Waals surface area contributed by atoms with Crippen molar-refractivity contribution in [1.82, 2.24) is 24.9 Å². The SMILES string of the molecule is CN=C(NCCN1CCc2sccc2C1)N1CCOC(c2cnn(C)c2)C1. The summed E-state index contributed by atoms with van der Waals surface area (Å²) in [5.74, 6) is 0.959. The van der Waals surface area contributed by atoms with E-state index >= 15 is 0 Å². The Morgan fingerprint density at radius 2 is 2.37 bits per heavy atom. The summed E-state index contributed by atoms with van der Waals surface area (Å²) in [6, 6.07) is 2.27. The van der Waals surface area contributed by atoms with E-state index in [4.69, 9.17) is 4.74 Å². The second-order valence-corrected chi connectivity index (χ2v) is 8.12. The first-order valence-corrected chi connectivity index (χ1v) is 10.4. The van der Waals surface area contributed by atoms with Gasteiger partial charge >= 0.3 is 0 Å². The highest BCUT2D eigenvalue weighted by Crippen LogP contribution is 2.24. The highest BCUT2D eigenvalue weighted by atomic mass is 32.1. The number of guanidine groups is 1. The van der Waals surface area contributed by atoms with E-state index in [-0.39, 0.29) is 6.10 Å². The first kappa shape index (κ1) is 18.5. The molecule has 2 aromatic rings. The number of aliphatic imine (C=N–C) groups is 1. The Labute approximate surface area is 164 Å². The van der Waals surface area contributed by atoms with Crippen LogP contribution in [0.2, 0.25) is 0 Å². The van der Waals surface area contributed by atoms with E-state index in [0.29, 0.717) is 6.61 Å². The van der Waals surface area contributed by atoms with E-state index in [0.717, 1.165) is 50.8 Å². The van der Waals surface area contributed by atoms with Crippen LogP contribution in [-0.4, -0.2) is 71.9 Å². The first-order valence-electron chi connectivity index (χ1n) is 9.56. The fraction of sp³-hybridized carbons (Fsp3) is 0.579. The van der Waals surface area contributed by atoms with Crippen LogP contribution in [0, 0.1) is 0 Å². The Morgan fingerprint density at radius 1 is 1.44 bits per heavy atom. The van der Waals surface area contributed by atoms with Gasteiger partial charge in [0.2, 0.25) is 0 Å². The minimum atomic E-state index is 0.0464. The third-order valence-corrected chi connectivity index (χ3v) is 6.30. The Morgan fingerprint density at radius 3 is 3.19 bits per heavy atom. The lowest BCUT2D eigenvalue weighted by Crippen LogP contribution is -2.49. The van der Waals surface area contributed by atoms with Gasteiger partial charge in [-0.25, -0.2) is 0 Å². The van der Waals surface area contributed by atoms with Gasteiger partial charge in [0, 0.05) is 63.5 Å². The first-order chi connectivity index (χ1) is 13.2. The van der Waals surface area contributed by atoms with Crippen molar-refractivity contribution in [2.24, 2.45) is 12.0 Å². The normalized spacial score (nSPS) is 21.3. The van der Waals surface area contributed by atoms with Crippen LogP contribution in [0.15, 0.2) is 28.8 Å². The van der Waals surface area contributed by atoms with Gasteiger partial charge in [0.25, 0.3) is 0 Å². The fourth-order valence-corrected chi connectivity index (χ4v) is 4.70. The van der Waals surface area contributed by atoms with Crippen molar-refractivity contribution in [3.8, 4) is 0 Å². The maximum atomic E-state index is 5.94. The number of fused-ring (bicyclic) bond motifs is 1. The van der Waals surface area contributed by atoms with Gasteiger partial charge in [0.1, 0.15) is 6.10 Å². The molecule has 1 N–H and O–H groups in total. The third kappa shape index (κ3) is 4.34. The fourth-order valence-electron chi connectivity index (χ4n) is 3.81. The lowest BCUT2D eigenvalue weighted by Gasteiger charge is -2.35. The quantitative estimate of drug-likeness (QED) is 0.635. The highest BCUT2D eigenvalue weighted by molar-refractivity contribution is 7.10. The van der Waals surface area contributed by atoms with Crippen molar-refractivity contribution in [1.29, 1.82) is 0 Å². The van der Waals surface area contributed by atoms with Crippen LogP contribution in [-0.2, 0) is 24.8 Å². The van der Waals surface area contributed by atoms with Crippen LogP contribution in [0.25, 0.3) is 0 Å². The van der Waals surface area contributed by atoms with Crippen LogP contribution in [0.3, 0.4) is 0 Å². The maximum Gasteiger partial charge on any atom is 0.193 e. The van der Waals surface area contributed by atoms with E-state index in [1.54, 1.807) is 4.88 Å². The molecule has 1 saturated heterocycles. The largest absolute Gasteiger partial charge is 0.370 e. The lowest BCUT2D eigenvalue weighted by molar-refractivity contribution is -0.00805. The zero-order chi connectivity index (χ0) is 18.6. The summed E-state index contributed by atoms with van der Waals surface area (Å²) in [5.41, 5.74) is 2.63. The summed E-state index contributed by atoms with van der Waals surface area (Å²) in [6.07, 6.45) is 5.14. The van der Waals surface area contributed by atoms with E-state index in [9.17, 15) is 0 Å². The number of morpholine rings is 1. The molecule has 8 heteroatoms. The van der Waals surface area contributed by atoms with Crippen molar-refractivity contribution < 1.29 is 4.74 Å². The summed E-state index contributed by atoms with van der Waals surface area (Å²) in [5, 5.41) is 10.0. The van der Waals surface area contributed by atoms with Crippen molar-refractivity contribution in [3.63, 3.8) is 0 Å². The topological polar surface area (TPSA) is 57.9 Å². The monoisotopic (exact) mass is 388 g/mol. The number of ether oxygens (including phenoxy) is 1. The van der Waals surface area contributed by atoms with Crippen LogP contribution in [0.1, 0.15) is 22.1 Å². The van der Waals surface area contributed by atoms with Crippen molar-refractivity contribution in [2.75, 3.05) is 46.4 Å². The Bertz CT molecular complexity index is 785. The zero-order valence-electron chi connectivity index (χ0n) is 16.1. The summed E-state index contributed by atoms with van der Waals surface area (Å²) in [4.78, 5) is 10.9. The Kier molecular flexibility index (Phi) is 5.75. The van der Waals surface area contributed by atoms with Gasteiger partial charge in [0.15, 0.2) is 5.96 Å². The number of nitrogens with zero attached hydrogens (tertiary/aromatic N) is 5. The predicted molar refractivity (Wildman–Crippen MR) is 108 cm³/mol. The minimum absolute atomic E-state index is 0.0464. The molecule has 0 bridgehead atoms. The molecule has 0 spiro atoms. The van der Waals surface area contributed by atoms with Crippen LogP contribution in [0.4, 0.5) is 0 Å². The molecule has 0 aliphatic carbocycles. The van der Waals surface area contributed by atoms with E-state index in [2.05, 4.69) is 36.7 Å². The maximum absolute atomic E-state index is 5.94. The molecule has 1 unspecified atom stereocenters. The van der Waals surface area contributed by atoms with Crippen LogP contribution >= 0.6 is 11.3 Å². The summed E-state index contributed by atoms with van der Waals surface area (Å²) in [7, 11) is 3.79. The van der Waals surface area contributed by atoms with Gasteiger partial charge in [-0.2, -0.15) is 5.10 Å². The molecule has 146 valence electrons. The molecule has 7 nitrogen and oxygen atoms in total. The average molecular weight is 389 g/mol. The molecular weight excluding hydrogens is 360 g/mol. The van der Waals surface area contributed by atoms with Gasteiger partial charge in [-0.15, -0.1) is 11.3 Å². The molecule has 0 radical (unpaired) electrons. The molecule has 2 aromatic heterocycles. The highest BCUT2D eigenvalue weighted by Gasteiger charge is 2.25. The minimum Gasteiger partial charge on any atom is -0.370 e. The van der Waals surface area contributed by atoms with Crippen LogP contribution in [0.5, 0.6) is 0 Å². The number of aryl methyl sites for hydroxylation is 1. The number of hydrogen-bond acceptors (Lipinski definition) is 5. The molecule has 4 heterocycles. The second-order valence-electron chi connectivity index (χ2n) is 7.12. The predicted octanol–water partition coefficient (Wildman–Crippen LogP) is 1.49. The van der Waals surface area contributed by atoms with Crippen molar-refractivity contribution >= 4 is 17.3 Å². The number of hydrogen-bond donors (Lipinski definition) is 1. The molecule has 1 atom stereocenters. The number of thiophene rings is 1. The van der Waals surface area contributed by atoms with Gasteiger partial charge in [-0.3, -0.25) is 14.6 Å². The number of rotatable bonds is 4. The third-order valence-electron chi connectivity index (χ3n) is 5.27. The molecule has 0 aromatic carbocycles. The Balaban J connectivity index is 1.28. The number of nitrogens with one attached hydrogen (secondary N) is 1. The average Bonchev–Trinajstić information content (AvgIpc) is 3.34. The van der Waals surface area contributed by atoms with E-state index in [1.807, 2.05) is 42.5 Å². The molecule has 2 aliphatic rings. The standard InChI is InChI=1S/C19H28N6OS/c1-20-19(21-5-7-24-6-3-18-15(13-24)4-10-27-18)25-8-9-26-17(14-25)16-11-22-23(2)12-16/h4,10-12,17H,3,5-9,13-14H2,1-2H3,(H,20,21). The van der Waals surface area contributed by atoms with Gasteiger partial charge in [-0.05, 0) is 23.4 Å². The van der Waals surface area contributed by atoms with Crippen molar-refractivity contribution in [2.45, 2.75) is 19.1 Å². The zero-order valence-corrected chi connectivity index (χ0v) is 16.9. The summed E-state index contributed by atoms with van der Waals surface area (Å²) in [6.45, 7) is 6.51. The summed E-state index contributed by atoms with van der Waals surface area (Å²) >= 11 is 1.89. The molecule has 0 amide bonds. The molecule has 0 saturated carbocycles. The lowest BCUT2D eigenvalue weighted by atomic mass is 10.1. The van der Waals surface area contributed by atoms with Gasteiger partial charge in [0.05, 0.1) is 19.3 Å².